The molecule has 1 atom stereocenters. The van der Waals surface area contributed by atoms with E-state index in [1.54, 1.807) is 0 Å². The standard InChI is InChI=1S/C15H10ClNO3/c16-17-11-6-2-1-4-9(11)13(15(17)18)10-5-3-7-12-14(10)20-8-19-12/h1-7,13H,8H2. The van der Waals surface area contributed by atoms with Crippen molar-refractivity contribution >= 4 is 23.4 Å². The lowest BCUT2D eigenvalue weighted by Gasteiger charge is -2.12. The number of carbonyl (C=O) groups is 1. The van der Waals surface area contributed by atoms with Gasteiger partial charge in [-0.05, 0) is 17.7 Å². The molecular weight excluding hydrogens is 278 g/mol. The predicted molar refractivity (Wildman–Crippen MR) is 74.2 cm³/mol. The summed E-state index contributed by atoms with van der Waals surface area (Å²) in [4.78, 5) is 12.5. The van der Waals surface area contributed by atoms with Crippen molar-refractivity contribution in [3.05, 3.63) is 53.6 Å². The molecule has 0 saturated heterocycles. The van der Waals surface area contributed by atoms with Gasteiger partial charge in [0.05, 0.1) is 11.6 Å². The summed E-state index contributed by atoms with van der Waals surface area (Å²) >= 11 is 6.10. The van der Waals surface area contributed by atoms with Gasteiger partial charge in [-0.3, -0.25) is 4.79 Å². The first-order valence-electron chi connectivity index (χ1n) is 6.24. The molecule has 0 fully saturated rings. The Balaban J connectivity index is 1.92. The Morgan fingerprint density at radius 1 is 1.05 bits per heavy atom. The van der Waals surface area contributed by atoms with E-state index in [1.165, 1.54) is 4.42 Å². The second-order valence-corrected chi connectivity index (χ2v) is 5.03. The van der Waals surface area contributed by atoms with Crippen molar-refractivity contribution in [1.29, 1.82) is 0 Å². The molecule has 2 aromatic rings. The maximum absolute atomic E-state index is 12.5. The minimum atomic E-state index is -0.444. The van der Waals surface area contributed by atoms with Crippen molar-refractivity contribution in [1.82, 2.24) is 0 Å². The van der Waals surface area contributed by atoms with Gasteiger partial charge in [0.1, 0.15) is 0 Å². The van der Waals surface area contributed by atoms with Gasteiger partial charge >= 0.3 is 0 Å². The normalized spacial score (nSPS) is 19.4. The highest BCUT2D eigenvalue weighted by Crippen LogP contribution is 2.47. The zero-order chi connectivity index (χ0) is 13.7. The fourth-order valence-electron chi connectivity index (χ4n) is 2.76. The minimum absolute atomic E-state index is 0.170. The third kappa shape index (κ3) is 1.45. The van der Waals surface area contributed by atoms with Crippen molar-refractivity contribution in [3.8, 4) is 11.5 Å². The number of fused-ring (bicyclic) bond motifs is 2. The molecule has 20 heavy (non-hydrogen) atoms. The van der Waals surface area contributed by atoms with Gasteiger partial charge in [0.25, 0.3) is 5.91 Å². The van der Waals surface area contributed by atoms with Crippen molar-refractivity contribution in [2.75, 3.05) is 11.2 Å². The molecule has 0 N–H and O–H groups in total. The molecule has 0 saturated carbocycles. The summed E-state index contributed by atoms with van der Waals surface area (Å²) in [5.41, 5.74) is 2.40. The molecule has 0 radical (unpaired) electrons. The van der Waals surface area contributed by atoms with Crippen LogP contribution in [0.25, 0.3) is 0 Å². The number of anilines is 1. The van der Waals surface area contributed by atoms with E-state index in [4.69, 9.17) is 21.3 Å². The molecule has 100 valence electrons. The molecule has 4 rings (SSSR count). The van der Waals surface area contributed by atoms with E-state index in [2.05, 4.69) is 0 Å². The maximum atomic E-state index is 12.5. The molecule has 2 aromatic carbocycles. The molecule has 1 unspecified atom stereocenters. The summed E-state index contributed by atoms with van der Waals surface area (Å²) in [6.07, 6.45) is 0. The van der Waals surface area contributed by atoms with Crippen LogP contribution in [0, 0.1) is 0 Å². The molecule has 2 heterocycles. The summed E-state index contributed by atoms with van der Waals surface area (Å²) in [6, 6.07) is 13.1. The topological polar surface area (TPSA) is 38.8 Å². The number of hydrogen-bond acceptors (Lipinski definition) is 3. The van der Waals surface area contributed by atoms with Crippen molar-refractivity contribution in [2.45, 2.75) is 5.92 Å². The summed E-state index contributed by atoms with van der Waals surface area (Å²) in [6.45, 7) is 0.180. The number of ether oxygens (including phenoxy) is 2. The monoisotopic (exact) mass is 287 g/mol. The Morgan fingerprint density at radius 2 is 1.85 bits per heavy atom. The lowest BCUT2D eigenvalue weighted by atomic mass is 9.92. The number of hydrogen-bond donors (Lipinski definition) is 0. The number of rotatable bonds is 1. The second kappa shape index (κ2) is 4.15. The Morgan fingerprint density at radius 3 is 2.75 bits per heavy atom. The molecule has 0 spiro atoms. The molecule has 5 heteroatoms. The average Bonchev–Trinajstić information content (AvgIpc) is 3.04. The van der Waals surface area contributed by atoms with E-state index in [-0.39, 0.29) is 12.7 Å². The maximum Gasteiger partial charge on any atom is 0.253 e. The van der Waals surface area contributed by atoms with Crippen LogP contribution in [0.2, 0.25) is 0 Å². The molecule has 0 bridgehead atoms. The highest BCUT2D eigenvalue weighted by atomic mass is 35.5. The van der Waals surface area contributed by atoms with Gasteiger partial charge in [0.15, 0.2) is 11.5 Å². The first kappa shape index (κ1) is 11.6. The average molecular weight is 288 g/mol. The Hall–Kier alpha value is -2.20. The third-order valence-electron chi connectivity index (χ3n) is 3.64. The van der Waals surface area contributed by atoms with E-state index >= 15 is 0 Å². The molecular formula is C15H10ClNO3. The summed E-state index contributed by atoms with van der Waals surface area (Å²) < 4.78 is 12.0. The number of halogens is 1. The zero-order valence-electron chi connectivity index (χ0n) is 10.4. The van der Waals surface area contributed by atoms with E-state index in [0.717, 1.165) is 16.8 Å². The van der Waals surface area contributed by atoms with Crippen LogP contribution in [0.4, 0.5) is 5.69 Å². The van der Waals surface area contributed by atoms with Gasteiger partial charge < -0.3 is 9.47 Å². The zero-order valence-corrected chi connectivity index (χ0v) is 11.1. The fourth-order valence-corrected chi connectivity index (χ4v) is 3.01. The molecule has 2 aliphatic rings. The molecule has 2 aliphatic heterocycles. The van der Waals surface area contributed by atoms with Crippen LogP contribution in [0.1, 0.15) is 17.0 Å². The molecule has 4 nitrogen and oxygen atoms in total. The van der Waals surface area contributed by atoms with Gasteiger partial charge in [-0.2, -0.15) is 0 Å². The summed E-state index contributed by atoms with van der Waals surface area (Å²) in [7, 11) is 0. The number of amides is 1. The molecule has 0 aliphatic carbocycles. The van der Waals surface area contributed by atoms with Crippen LogP contribution in [0.3, 0.4) is 0 Å². The molecule has 0 aromatic heterocycles. The highest BCUT2D eigenvalue weighted by Gasteiger charge is 2.40. The van der Waals surface area contributed by atoms with Crippen LogP contribution in [0.5, 0.6) is 11.5 Å². The lowest BCUT2D eigenvalue weighted by Crippen LogP contribution is -2.19. The number of benzene rings is 2. The summed E-state index contributed by atoms with van der Waals surface area (Å²) in [5, 5.41) is 0. The first-order valence-corrected chi connectivity index (χ1v) is 6.58. The van der Waals surface area contributed by atoms with Crippen molar-refractivity contribution < 1.29 is 14.3 Å². The van der Waals surface area contributed by atoms with E-state index < -0.39 is 5.92 Å². The SMILES string of the molecule is O=C1C(c2cccc3c2OCO3)c2ccccc2N1Cl. The number of carbonyl (C=O) groups excluding carboxylic acids is 1. The van der Waals surface area contributed by atoms with E-state index in [0.29, 0.717) is 11.5 Å². The minimum Gasteiger partial charge on any atom is -0.454 e. The van der Waals surface area contributed by atoms with Crippen LogP contribution in [-0.2, 0) is 4.79 Å². The van der Waals surface area contributed by atoms with Crippen LogP contribution >= 0.6 is 11.8 Å². The Bertz CT molecular complexity index is 716. The second-order valence-electron chi connectivity index (χ2n) is 4.69. The van der Waals surface area contributed by atoms with Gasteiger partial charge in [-0.15, -0.1) is 0 Å². The Kier molecular flexibility index (Phi) is 2.41. The quantitative estimate of drug-likeness (QED) is 0.757. The largest absolute Gasteiger partial charge is 0.454 e. The smallest absolute Gasteiger partial charge is 0.253 e. The van der Waals surface area contributed by atoms with Gasteiger partial charge in [0, 0.05) is 17.3 Å². The van der Waals surface area contributed by atoms with Crippen LogP contribution < -0.4 is 13.9 Å². The Labute approximate surface area is 120 Å². The van der Waals surface area contributed by atoms with Crippen molar-refractivity contribution in [2.24, 2.45) is 0 Å². The van der Waals surface area contributed by atoms with Crippen LogP contribution in [0.15, 0.2) is 42.5 Å². The van der Waals surface area contributed by atoms with E-state index in [1.807, 2.05) is 42.5 Å². The van der Waals surface area contributed by atoms with Gasteiger partial charge in [0.2, 0.25) is 6.79 Å². The summed E-state index contributed by atoms with van der Waals surface area (Å²) in [5.74, 6) is 0.686. The third-order valence-corrected chi connectivity index (χ3v) is 3.99. The highest BCUT2D eigenvalue weighted by molar-refractivity contribution is 6.39. The van der Waals surface area contributed by atoms with Crippen LogP contribution in [-0.4, -0.2) is 12.7 Å². The lowest BCUT2D eigenvalue weighted by molar-refractivity contribution is -0.117. The predicted octanol–water partition coefficient (Wildman–Crippen LogP) is 3.05. The molecule has 1 amide bonds. The van der Waals surface area contributed by atoms with Gasteiger partial charge in [-0.25, -0.2) is 4.42 Å². The fraction of sp³-hybridized carbons (Fsp3) is 0.133. The first-order chi connectivity index (χ1) is 9.77. The number of para-hydroxylation sites is 2. The van der Waals surface area contributed by atoms with Gasteiger partial charge in [-0.1, -0.05) is 30.3 Å². The van der Waals surface area contributed by atoms with Crippen molar-refractivity contribution in [3.63, 3.8) is 0 Å². The van der Waals surface area contributed by atoms with E-state index in [9.17, 15) is 4.79 Å². The number of nitrogens with zero attached hydrogens (tertiary/aromatic N) is 1.